The van der Waals surface area contributed by atoms with E-state index >= 15 is 0 Å². The number of piperidine rings is 1. The standard InChI is InChI=1S/C19H30ClN3O3/c1-13-4-6-23(7-5-13)14(2)10-22-11-15-8-16(20)19(17(9-15)25-3)26-12-18(21)24/h8-9,13-14,22H,4-7,10-12H2,1-3H3,(H2,21,24). The van der Waals surface area contributed by atoms with Crippen molar-refractivity contribution in [3.63, 3.8) is 0 Å². The second kappa shape index (κ2) is 10.00. The number of carbonyl (C=O) groups is 1. The highest BCUT2D eigenvalue weighted by Gasteiger charge is 2.20. The minimum absolute atomic E-state index is 0.236. The van der Waals surface area contributed by atoms with Crippen molar-refractivity contribution in [2.75, 3.05) is 33.4 Å². The van der Waals surface area contributed by atoms with Gasteiger partial charge in [0.1, 0.15) is 0 Å². The van der Waals surface area contributed by atoms with E-state index in [1.807, 2.05) is 12.1 Å². The number of nitrogens with one attached hydrogen (secondary N) is 1. The van der Waals surface area contributed by atoms with Crippen LogP contribution in [0.2, 0.25) is 5.02 Å². The third kappa shape index (κ3) is 6.04. The Labute approximate surface area is 161 Å². The normalized spacial score (nSPS) is 17.1. The van der Waals surface area contributed by atoms with E-state index in [2.05, 4.69) is 24.1 Å². The number of nitrogens with zero attached hydrogens (tertiary/aromatic N) is 1. The molecule has 1 aromatic carbocycles. The Morgan fingerprint density at radius 1 is 1.42 bits per heavy atom. The average Bonchev–Trinajstić information content (AvgIpc) is 2.60. The molecule has 0 aromatic heterocycles. The molecule has 1 amide bonds. The third-order valence-corrected chi connectivity index (χ3v) is 5.14. The first-order chi connectivity index (χ1) is 12.4. The van der Waals surface area contributed by atoms with E-state index in [9.17, 15) is 4.79 Å². The van der Waals surface area contributed by atoms with Crippen LogP contribution in [0.5, 0.6) is 11.5 Å². The van der Waals surface area contributed by atoms with E-state index in [1.54, 1.807) is 7.11 Å². The maximum absolute atomic E-state index is 10.9. The molecule has 1 aliphatic rings. The fraction of sp³-hybridized carbons (Fsp3) is 0.632. The molecular weight excluding hydrogens is 354 g/mol. The second-order valence-electron chi connectivity index (χ2n) is 7.06. The van der Waals surface area contributed by atoms with Crippen LogP contribution in [0.4, 0.5) is 0 Å². The summed E-state index contributed by atoms with van der Waals surface area (Å²) in [6.45, 7) is 8.30. The van der Waals surface area contributed by atoms with Gasteiger partial charge in [-0.15, -0.1) is 0 Å². The van der Waals surface area contributed by atoms with Crippen LogP contribution in [-0.4, -0.2) is 50.2 Å². The Morgan fingerprint density at radius 2 is 2.12 bits per heavy atom. The van der Waals surface area contributed by atoms with Gasteiger partial charge in [0.25, 0.3) is 5.91 Å². The Bertz CT molecular complexity index is 604. The van der Waals surface area contributed by atoms with Crippen molar-refractivity contribution in [1.29, 1.82) is 0 Å². The summed E-state index contributed by atoms with van der Waals surface area (Å²) in [5, 5.41) is 3.89. The van der Waals surface area contributed by atoms with Crippen LogP contribution in [0.15, 0.2) is 12.1 Å². The molecule has 1 fully saturated rings. The van der Waals surface area contributed by atoms with Crippen LogP contribution < -0.4 is 20.5 Å². The van der Waals surface area contributed by atoms with E-state index in [0.29, 0.717) is 29.1 Å². The number of carbonyl (C=O) groups excluding carboxylic acids is 1. The van der Waals surface area contributed by atoms with Crippen LogP contribution in [-0.2, 0) is 11.3 Å². The summed E-state index contributed by atoms with van der Waals surface area (Å²) < 4.78 is 10.7. The van der Waals surface area contributed by atoms with Crippen molar-refractivity contribution in [2.24, 2.45) is 11.7 Å². The molecule has 3 N–H and O–H groups in total. The molecule has 7 heteroatoms. The van der Waals surface area contributed by atoms with Crippen molar-refractivity contribution in [1.82, 2.24) is 10.2 Å². The summed E-state index contributed by atoms with van der Waals surface area (Å²) in [7, 11) is 1.54. The molecule has 0 spiro atoms. The van der Waals surface area contributed by atoms with Gasteiger partial charge in [-0.2, -0.15) is 0 Å². The molecule has 1 heterocycles. The van der Waals surface area contributed by atoms with Crippen molar-refractivity contribution >= 4 is 17.5 Å². The number of methoxy groups -OCH3 is 1. The number of nitrogens with two attached hydrogens (primary N) is 1. The number of likely N-dealkylation sites (tertiary alicyclic amines) is 1. The molecule has 1 atom stereocenters. The molecule has 0 aliphatic carbocycles. The summed E-state index contributed by atoms with van der Waals surface area (Å²) >= 11 is 6.28. The van der Waals surface area contributed by atoms with Gasteiger partial charge < -0.3 is 20.5 Å². The summed E-state index contributed by atoms with van der Waals surface area (Å²) in [5.41, 5.74) is 6.11. The summed E-state index contributed by atoms with van der Waals surface area (Å²) in [6, 6.07) is 4.18. The maximum Gasteiger partial charge on any atom is 0.255 e. The molecule has 1 aromatic rings. The number of primary amides is 1. The highest BCUT2D eigenvalue weighted by molar-refractivity contribution is 6.32. The minimum atomic E-state index is -0.560. The highest BCUT2D eigenvalue weighted by Crippen LogP contribution is 2.36. The van der Waals surface area contributed by atoms with E-state index < -0.39 is 5.91 Å². The van der Waals surface area contributed by atoms with Gasteiger partial charge in [0.15, 0.2) is 18.1 Å². The fourth-order valence-electron chi connectivity index (χ4n) is 3.18. The van der Waals surface area contributed by atoms with Gasteiger partial charge in [-0.25, -0.2) is 0 Å². The van der Waals surface area contributed by atoms with Crippen LogP contribution in [0.3, 0.4) is 0 Å². The Morgan fingerprint density at radius 3 is 2.73 bits per heavy atom. The zero-order chi connectivity index (χ0) is 19.1. The molecule has 146 valence electrons. The van der Waals surface area contributed by atoms with Gasteiger partial charge >= 0.3 is 0 Å². The number of ether oxygens (including phenoxy) is 2. The minimum Gasteiger partial charge on any atom is -0.493 e. The van der Waals surface area contributed by atoms with Gasteiger partial charge in [0.2, 0.25) is 0 Å². The predicted octanol–water partition coefficient (Wildman–Crippen LogP) is 2.42. The largest absolute Gasteiger partial charge is 0.493 e. The first-order valence-electron chi connectivity index (χ1n) is 9.13. The van der Waals surface area contributed by atoms with E-state index in [4.69, 9.17) is 26.8 Å². The van der Waals surface area contributed by atoms with Crippen molar-refractivity contribution in [3.8, 4) is 11.5 Å². The number of amides is 1. The lowest BCUT2D eigenvalue weighted by Gasteiger charge is -2.35. The zero-order valence-electron chi connectivity index (χ0n) is 15.9. The number of hydrogen-bond acceptors (Lipinski definition) is 5. The van der Waals surface area contributed by atoms with Gasteiger partial charge in [-0.05, 0) is 56.5 Å². The van der Waals surface area contributed by atoms with Crippen LogP contribution >= 0.6 is 11.6 Å². The molecule has 0 bridgehead atoms. The summed E-state index contributed by atoms with van der Waals surface area (Å²) in [4.78, 5) is 13.4. The fourth-order valence-corrected chi connectivity index (χ4v) is 3.47. The SMILES string of the molecule is COc1cc(CNCC(C)N2CCC(C)CC2)cc(Cl)c1OCC(N)=O. The maximum atomic E-state index is 10.9. The quantitative estimate of drug-likeness (QED) is 0.684. The Balaban J connectivity index is 1.89. The van der Waals surface area contributed by atoms with E-state index in [-0.39, 0.29) is 6.61 Å². The first-order valence-corrected chi connectivity index (χ1v) is 9.50. The smallest absolute Gasteiger partial charge is 0.255 e. The van der Waals surface area contributed by atoms with Crippen molar-refractivity contribution < 1.29 is 14.3 Å². The number of halogens is 1. The van der Waals surface area contributed by atoms with Gasteiger partial charge in [0.05, 0.1) is 12.1 Å². The van der Waals surface area contributed by atoms with Gasteiger partial charge in [-0.3, -0.25) is 9.69 Å². The second-order valence-corrected chi connectivity index (χ2v) is 7.47. The van der Waals surface area contributed by atoms with Gasteiger partial charge in [0, 0.05) is 19.1 Å². The monoisotopic (exact) mass is 383 g/mol. The molecular formula is C19H30ClN3O3. The van der Waals surface area contributed by atoms with Crippen LogP contribution in [0.1, 0.15) is 32.3 Å². The Kier molecular flexibility index (Phi) is 8.00. The lowest BCUT2D eigenvalue weighted by Crippen LogP contribution is -2.44. The molecule has 6 nitrogen and oxygen atoms in total. The predicted molar refractivity (Wildman–Crippen MR) is 104 cm³/mol. The van der Waals surface area contributed by atoms with Crippen LogP contribution in [0.25, 0.3) is 0 Å². The molecule has 2 rings (SSSR count). The van der Waals surface area contributed by atoms with E-state index in [0.717, 1.165) is 18.0 Å². The molecule has 1 unspecified atom stereocenters. The Hall–Kier alpha value is -1.50. The zero-order valence-corrected chi connectivity index (χ0v) is 16.6. The molecule has 1 aliphatic heterocycles. The molecule has 26 heavy (non-hydrogen) atoms. The number of rotatable bonds is 9. The average molecular weight is 384 g/mol. The number of benzene rings is 1. The summed E-state index contributed by atoms with van der Waals surface area (Å²) in [6.07, 6.45) is 2.56. The lowest BCUT2D eigenvalue weighted by molar-refractivity contribution is -0.119. The third-order valence-electron chi connectivity index (χ3n) is 4.86. The first kappa shape index (κ1) is 20.8. The number of hydrogen-bond donors (Lipinski definition) is 2. The molecule has 0 saturated carbocycles. The molecule has 0 radical (unpaired) electrons. The van der Waals surface area contributed by atoms with E-state index in [1.165, 1.54) is 25.9 Å². The lowest BCUT2D eigenvalue weighted by atomic mass is 9.98. The highest BCUT2D eigenvalue weighted by atomic mass is 35.5. The topological polar surface area (TPSA) is 76.8 Å². The summed E-state index contributed by atoms with van der Waals surface area (Å²) in [5.74, 6) is 1.12. The van der Waals surface area contributed by atoms with Gasteiger partial charge in [-0.1, -0.05) is 18.5 Å². The van der Waals surface area contributed by atoms with Crippen LogP contribution in [0, 0.1) is 5.92 Å². The molecule has 1 saturated heterocycles. The van der Waals surface area contributed by atoms with Crippen molar-refractivity contribution in [3.05, 3.63) is 22.7 Å². The van der Waals surface area contributed by atoms with Crippen molar-refractivity contribution in [2.45, 2.75) is 39.3 Å².